The summed E-state index contributed by atoms with van der Waals surface area (Å²) in [4.78, 5) is 2.59. The molecule has 0 amide bonds. The van der Waals surface area contributed by atoms with E-state index in [-0.39, 0.29) is 0 Å². The Morgan fingerprint density at radius 3 is 2.44 bits per heavy atom. The van der Waals surface area contributed by atoms with Crippen molar-refractivity contribution in [3.63, 3.8) is 0 Å². The van der Waals surface area contributed by atoms with E-state index in [1.165, 1.54) is 32.1 Å². The Kier molecular flexibility index (Phi) is 4.62. The molecule has 16 heavy (non-hydrogen) atoms. The second kappa shape index (κ2) is 5.99. The third kappa shape index (κ3) is 2.96. The van der Waals surface area contributed by atoms with Gasteiger partial charge in [-0.3, -0.25) is 0 Å². The lowest BCUT2D eigenvalue weighted by molar-refractivity contribution is 0.148. The summed E-state index contributed by atoms with van der Waals surface area (Å²) in [7, 11) is 2.29. The van der Waals surface area contributed by atoms with Crippen LogP contribution in [0.2, 0.25) is 0 Å². The molecule has 0 spiro atoms. The summed E-state index contributed by atoms with van der Waals surface area (Å²) in [6.45, 7) is 1.48. The van der Waals surface area contributed by atoms with Crippen LogP contribution in [0.25, 0.3) is 0 Å². The molecule has 0 radical (unpaired) electrons. The van der Waals surface area contributed by atoms with Crippen LogP contribution in [0.3, 0.4) is 0 Å². The predicted molar refractivity (Wildman–Crippen MR) is 66.5 cm³/mol. The van der Waals surface area contributed by atoms with Crippen LogP contribution in [0.4, 0.5) is 0 Å². The molecule has 2 N–H and O–H groups in total. The number of hydrogen-bond donors (Lipinski definition) is 2. The fourth-order valence-corrected chi connectivity index (χ4v) is 3.30. The molecule has 2 aliphatic rings. The van der Waals surface area contributed by atoms with E-state index in [4.69, 9.17) is 5.11 Å². The molecule has 3 nitrogen and oxygen atoms in total. The second-order valence-electron chi connectivity index (χ2n) is 5.46. The molecule has 0 saturated carbocycles. The number of piperidine rings is 1. The van der Waals surface area contributed by atoms with Gasteiger partial charge in [0.15, 0.2) is 0 Å². The average molecular weight is 226 g/mol. The third-order valence-electron chi connectivity index (χ3n) is 4.37. The van der Waals surface area contributed by atoms with Gasteiger partial charge >= 0.3 is 0 Å². The quantitative estimate of drug-likeness (QED) is 0.671. The van der Waals surface area contributed by atoms with Gasteiger partial charge in [0.1, 0.15) is 0 Å². The topological polar surface area (TPSA) is 35.5 Å². The lowest BCUT2D eigenvalue weighted by Crippen LogP contribution is -2.47. The summed E-state index contributed by atoms with van der Waals surface area (Å²) in [6.07, 6.45) is 8.82. The molecule has 2 fully saturated rings. The molecule has 2 rings (SSSR count). The molecule has 0 aromatic rings. The van der Waals surface area contributed by atoms with Crippen LogP contribution in [-0.2, 0) is 0 Å². The number of rotatable bonds is 6. The van der Waals surface area contributed by atoms with Crippen LogP contribution in [0.15, 0.2) is 0 Å². The van der Waals surface area contributed by atoms with Gasteiger partial charge in [0.05, 0.1) is 0 Å². The average Bonchev–Trinajstić information content (AvgIpc) is 2.54. The number of hydrogen-bond acceptors (Lipinski definition) is 3. The van der Waals surface area contributed by atoms with Gasteiger partial charge in [0, 0.05) is 24.7 Å². The van der Waals surface area contributed by atoms with Gasteiger partial charge in [-0.2, -0.15) is 0 Å². The Labute approximate surface area is 99.2 Å². The first kappa shape index (κ1) is 12.3. The minimum Gasteiger partial charge on any atom is -0.396 e. The van der Waals surface area contributed by atoms with Crippen molar-refractivity contribution in [2.75, 3.05) is 20.2 Å². The van der Waals surface area contributed by atoms with Gasteiger partial charge in [-0.05, 0) is 58.5 Å². The van der Waals surface area contributed by atoms with E-state index in [0.717, 1.165) is 37.5 Å². The van der Waals surface area contributed by atoms with E-state index in [1.807, 2.05) is 0 Å². The number of aliphatic hydroxyl groups excluding tert-OH is 1. The van der Waals surface area contributed by atoms with Crippen molar-refractivity contribution in [3.8, 4) is 0 Å². The van der Waals surface area contributed by atoms with Crippen LogP contribution in [0.1, 0.15) is 44.9 Å². The van der Waals surface area contributed by atoms with Crippen molar-refractivity contribution in [1.29, 1.82) is 0 Å². The van der Waals surface area contributed by atoms with Gasteiger partial charge in [0.2, 0.25) is 0 Å². The molecule has 0 aliphatic carbocycles. The van der Waals surface area contributed by atoms with E-state index in [2.05, 4.69) is 17.3 Å². The Hall–Kier alpha value is -0.120. The van der Waals surface area contributed by atoms with Crippen LogP contribution in [-0.4, -0.2) is 48.3 Å². The van der Waals surface area contributed by atoms with Gasteiger partial charge in [-0.1, -0.05) is 0 Å². The monoisotopic (exact) mass is 226 g/mol. The molecule has 94 valence electrons. The summed E-state index contributed by atoms with van der Waals surface area (Å²) in [5.74, 6) is 0. The Balaban J connectivity index is 1.61. The van der Waals surface area contributed by atoms with Crippen molar-refractivity contribution in [1.82, 2.24) is 10.2 Å². The van der Waals surface area contributed by atoms with E-state index >= 15 is 0 Å². The van der Waals surface area contributed by atoms with Crippen molar-refractivity contribution in [2.24, 2.45) is 0 Å². The molecule has 2 bridgehead atoms. The largest absolute Gasteiger partial charge is 0.396 e. The summed E-state index contributed by atoms with van der Waals surface area (Å²) >= 11 is 0. The number of nitrogens with one attached hydrogen (secondary N) is 1. The third-order valence-corrected chi connectivity index (χ3v) is 4.37. The highest BCUT2D eigenvalue weighted by Gasteiger charge is 2.37. The number of fused-ring (bicyclic) bond motifs is 2. The summed E-state index contributed by atoms with van der Waals surface area (Å²) in [6, 6.07) is 2.44. The Morgan fingerprint density at radius 2 is 1.81 bits per heavy atom. The van der Waals surface area contributed by atoms with Crippen molar-refractivity contribution >= 4 is 0 Å². The zero-order valence-corrected chi connectivity index (χ0v) is 10.5. The minimum atomic E-state index is 0.346. The molecule has 2 saturated heterocycles. The number of aliphatic hydroxyl groups is 1. The molecule has 2 atom stereocenters. The van der Waals surface area contributed by atoms with Crippen LogP contribution >= 0.6 is 0 Å². The van der Waals surface area contributed by atoms with Gasteiger partial charge in [-0.25, -0.2) is 0 Å². The van der Waals surface area contributed by atoms with Gasteiger partial charge < -0.3 is 15.3 Å². The molecule has 0 aromatic carbocycles. The van der Waals surface area contributed by atoms with E-state index < -0.39 is 0 Å². The predicted octanol–water partition coefficient (Wildman–Crippen LogP) is 1.36. The maximum Gasteiger partial charge on any atom is 0.0431 e. The van der Waals surface area contributed by atoms with E-state index in [1.54, 1.807) is 0 Å². The highest BCUT2D eigenvalue weighted by molar-refractivity contribution is 4.95. The molecular weight excluding hydrogens is 200 g/mol. The first-order valence-corrected chi connectivity index (χ1v) is 6.87. The lowest BCUT2D eigenvalue weighted by atomic mass is 9.98. The second-order valence-corrected chi connectivity index (χ2v) is 5.46. The molecule has 2 heterocycles. The van der Waals surface area contributed by atoms with Gasteiger partial charge in [-0.15, -0.1) is 0 Å². The van der Waals surface area contributed by atoms with Crippen LogP contribution < -0.4 is 5.32 Å². The normalized spacial score (nSPS) is 34.5. The lowest BCUT2D eigenvalue weighted by Gasteiger charge is -2.36. The summed E-state index contributed by atoms with van der Waals surface area (Å²) in [5.41, 5.74) is 0. The van der Waals surface area contributed by atoms with Crippen LogP contribution in [0, 0.1) is 0 Å². The first-order chi connectivity index (χ1) is 7.81. The minimum absolute atomic E-state index is 0.346. The molecular formula is C13H26N2O. The maximum atomic E-state index is 8.70. The van der Waals surface area contributed by atoms with Gasteiger partial charge in [0.25, 0.3) is 0 Å². The van der Waals surface area contributed by atoms with E-state index in [9.17, 15) is 0 Å². The maximum absolute atomic E-state index is 8.70. The smallest absolute Gasteiger partial charge is 0.0431 e. The highest BCUT2D eigenvalue weighted by Crippen LogP contribution is 2.34. The molecule has 2 unspecified atom stereocenters. The van der Waals surface area contributed by atoms with Crippen LogP contribution in [0.5, 0.6) is 0 Å². The Bertz CT molecular complexity index is 196. The zero-order chi connectivity index (χ0) is 11.4. The SMILES string of the molecule is CN1C2CCC1CC(NCCCCCO)C2. The molecule has 0 aromatic heterocycles. The van der Waals surface area contributed by atoms with E-state index in [0.29, 0.717) is 6.61 Å². The summed E-state index contributed by atoms with van der Waals surface area (Å²) in [5, 5.41) is 12.4. The molecule has 2 aliphatic heterocycles. The Morgan fingerprint density at radius 1 is 1.12 bits per heavy atom. The van der Waals surface area contributed by atoms with Crippen molar-refractivity contribution in [2.45, 2.75) is 63.1 Å². The fourth-order valence-electron chi connectivity index (χ4n) is 3.30. The molecule has 3 heteroatoms. The zero-order valence-electron chi connectivity index (χ0n) is 10.5. The first-order valence-electron chi connectivity index (χ1n) is 6.87. The van der Waals surface area contributed by atoms with Crippen molar-refractivity contribution < 1.29 is 5.11 Å². The summed E-state index contributed by atoms with van der Waals surface area (Å²) < 4.78 is 0. The highest BCUT2D eigenvalue weighted by atomic mass is 16.2. The fraction of sp³-hybridized carbons (Fsp3) is 1.00. The van der Waals surface area contributed by atoms with Crippen molar-refractivity contribution in [3.05, 3.63) is 0 Å². The standard InChI is InChI=1S/C13H26N2O/c1-15-12-5-6-13(15)10-11(9-12)14-7-3-2-4-8-16/h11-14,16H,2-10H2,1H3. The number of nitrogens with zero attached hydrogens (tertiary/aromatic N) is 1. The number of unbranched alkanes of at least 4 members (excludes halogenated alkanes) is 2.